The molecule has 0 aromatic carbocycles. The van der Waals surface area contributed by atoms with Crippen molar-refractivity contribution in [1.82, 2.24) is 46.6 Å². The van der Waals surface area contributed by atoms with Crippen LogP contribution in [0.25, 0.3) is 0 Å². The summed E-state index contributed by atoms with van der Waals surface area (Å²) >= 11 is 0. The maximum Gasteiger partial charge on any atom is 0.223 e. The molecule has 24 nitrogen and oxygen atoms in total. The van der Waals surface area contributed by atoms with Crippen LogP contribution >= 0.6 is 0 Å². The lowest BCUT2D eigenvalue weighted by Gasteiger charge is -2.22. The number of rotatable bonds is 36. The Bertz CT molecular complexity index is 2580. The van der Waals surface area contributed by atoms with Crippen LogP contribution in [0.3, 0.4) is 0 Å². The van der Waals surface area contributed by atoms with Crippen molar-refractivity contribution < 1.29 is 71.9 Å². The number of amides is 9. The van der Waals surface area contributed by atoms with E-state index in [1.165, 1.54) is 80.1 Å². The minimum Gasteiger partial charge on any atom is -0.347 e. The van der Waals surface area contributed by atoms with Crippen molar-refractivity contribution in [2.24, 2.45) is 71.0 Å². The molecule has 9 amide bonds. The predicted octanol–water partition coefficient (Wildman–Crippen LogP) is 16.0. The third-order valence-electron chi connectivity index (χ3n) is 18.5. The zero-order valence-corrected chi connectivity index (χ0v) is 80.9. The maximum absolute atomic E-state index is 11.6. The number of carbonyl (C=O) groups is 15. The van der Waals surface area contributed by atoms with Gasteiger partial charge in [-0.05, 0) is 212 Å². The Morgan fingerprint density at radius 2 is 0.385 bits per heavy atom. The first kappa shape index (κ1) is 121. The van der Waals surface area contributed by atoms with Crippen molar-refractivity contribution in [2.45, 2.75) is 419 Å². The fraction of sp³-hybridized carbons (Fsp3) is 0.839. The Kier molecular flexibility index (Phi) is 70.3. The number of ketones is 6. The van der Waals surface area contributed by atoms with Gasteiger partial charge >= 0.3 is 0 Å². The van der Waals surface area contributed by atoms with E-state index in [9.17, 15) is 71.9 Å². The molecule has 9 atom stereocenters. The zero-order chi connectivity index (χ0) is 92.6. The highest BCUT2D eigenvalue weighted by molar-refractivity contribution is 5.90. The van der Waals surface area contributed by atoms with E-state index in [1.807, 2.05) is 139 Å². The smallest absolute Gasteiger partial charge is 0.223 e. The molecular weight excluding hydrogens is 1480 g/mol. The molecule has 3 heterocycles. The summed E-state index contributed by atoms with van der Waals surface area (Å²) in [5, 5.41) is 16.2. The van der Waals surface area contributed by atoms with E-state index in [1.54, 1.807) is 20.8 Å². The van der Waals surface area contributed by atoms with Gasteiger partial charge in [0, 0.05) is 95.5 Å². The van der Waals surface area contributed by atoms with Gasteiger partial charge in [-0.25, -0.2) is 0 Å². The molecular formula is C93H177N9O15. The summed E-state index contributed by atoms with van der Waals surface area (Å²) in [5.41, 5.74) is 0. The van der Waals surface area contributed by atoms with Crippen LogP contribution in [0.1, 0.15) is 365 Å². The van der Waals surface area contributed by atoms with Crippen LogP contribution < -0.4 is 31.9 Å². The van der Waals surface area contributed by atoms with Crippen molar-refractivity contribution in [1.29, 1.82) is 0 Å². The Morgan fingerprint density at radius 3 is 0.496 bits per heavy atom. The third-order valence-corrected chi connectivity index (χ3v) is 18.5. The lowest BCUT2D eigenvalue weighted by molar-refractivity contribution is -0.133. The quantitative estimate of drug-likeness (QED) is 0.0339. The average Bonchev–Trinajstić information content (AvgIpc) is 1.76. The zero-order valence-electron chi connectivity index (χ0n) is 80.9. The lowest BCUT2D eigenvalue weighted by Crippen LogP contribution is -2.41. The monoisotopic (exact) mass is 1660 g/mol. The first-order chi connectivity index (χ1) is 53.6. The number of hydrogen-bond donors (Lipinski definition) is 6. The van der Waals surface area contributed by atoms with Crippen LogP contribution in [0.5, 0.6) is 0 Å². The van der Waals surface area contributed by atoms with Gasteiger partial charge in [0.1, 0.15) is 0 Å². The molecule has 0 saturated carbocycles. The van der Waals surface area contributed by atoms with E-state index < -0.39 is 0 Å². The van der Waals surface area contributed by atoms with E-state index in [0.717, 1.165) is 38.9 Å². The molecule has 117 heavy (non-hydrogen) atoms. The number of hydrogen-bond acceptors (Lipinski definition) is 15. The molecule has 3 rings (SSSR count). The van der Waals surface area contributed by atoms with Crippen LogP contribution in [0, 0.1) is 71.0 Å². The Balaban J connectivity index is -0.000000297. The van der Waals surface area contributed by atoms with Gasteiger partial charge in [0.15, 0.2) is 34.7 Å². The highest BCUT2D eigenvalue weighted by Crippen LogP contribution is 2.22. The first-order valence-corrected chi connectivity index (χ1v) is 44.3. The molecule has 0 aliphatic carbocycles. The number of nitrogens with one attached hydrogen (secondary N) is 6. The van der Waals surface area contributed by atoms with E-state index >= 15 is 0 Å². The molecule has 684 valence electrons. The third kappa shape index (κ3) is 72.9. The second kappa shape index (κ2) is 68.0. The molecule has 0 aromatic heterocycles. The maximum atomic E-state index is 11.6. The Labute approximate surface area is 712 Å². The molecule has 3 saturated heterocycles. The molecule has 24 heteroatoms. The van der Waals surface area contributed by atoms with Gasteiger partial charge in [0.25, 0.3) is 0 Å². The minimum atomic E-state index is -0.351. The van der Waals surface area contributed by atoms with Crippen molar-refractivity contribution >= 4 is 87.9 Å². The van der Waals surface area contributed by atoms with Gasteiger partial charge in [-0.1, -0.05) is 166 Å². The van der Waals surface area contributed by atoms with Crippen molar-refractivity contribution in [3.63, 3.8) is 0 Å². The summed E-state index contributed by atoms with van der Waals surface area (Å²) in [6.45, 7) is 72.1. The first-order valence-electron chi connectivity index (χ1n) is 44.3. The topological polar surface area (TPSA) is 338 Å². The van der Waals surface area contributed by atoms with Crippen molar-refractivity contribution in [3.8, 4) is 0 Å². The molecule has 0 bridgehead atoms. The molecule has 0 radical (unpaired) electrons. The minimum absolute atomic E-state index is 0.00731. The van der Waals surface area contributed by atoms with Gasteiger partial charge in [-0.2, -0.15) is 0 Å². The van der Waals surface area contributed by atoms with Crippen molar-refractivity contribution in [3.05, 3.63) is 0 Å². The van der Waals surface area contributed by atoms with E-state index in [0.29, 0.717) is 165 Å². The second-order valence-corrected chi connectivity index (χ2v) is 37.9. The molecule has 3 aliphatic rings. The van der Waals surface area contributed by atoms with E-state index in [2.05, 4.69) is 94.2 Å². The van der Waals surface area contributed by atoms with Gasteiger partial charge in [-0.3, -0.25) is 71.9 Å². The molecule has 6 N–H and O–H groups in total. The van der Waals surface area contributed by atoms with Gasteiger partial charge < -0.3 is 46.6 Å². The van der Waals surface area contributed by atoms with Crippen molar-refractivity contribution in [2.75, 3.05) is 19.6 Å². The number of Topliss-reactive ketones (excluding diaryl/α,β-unsaturated/α-hetero) is 6. The summed E-state index contributed by atoms with van der Waals surface area (Å²) in [7, 11) is 0. The molecule has 0 spiro atoms. The van der Waals surface area contributed by atoms with Crippen LogP contribution in [0.2, 0.25) is 0 Å². The molecule has 3 aliphatic heterocycles. The Morgan fingerprint density at radius 1 is 0.231 bits per heavy atom. The lowest BCUT2D eigenvalue weighted by atomic mass is 10.0. The van der Waals surface area contributed by atoms with Crippen LogP contribution in [0.15, 0.2) is 0 Å². The van der Waals surface area contributed by atoms with Crippen LogP contribution in [-0.4, -0.2) is 177 Å². The highest BCUT2D eigenvalue weighted by Gasteiger charge is 2.29. The fourth-order valence-electron chi connectivity index (χ4n) is 11.9. The SMILES string of the molecule is CC(=O)C(C)NC(=O)CC(C)C.CC(=O)C(CC(C)C)NC(=O)CC(C)C.CC(=O)[C@@H](C)NC(=O)CC(C)C.CC(=O)[C@@H](CC(C)C)NC(=O)CC(C)C.CC(=O)[C@H](C)NC(=O)CC(C)C.CC(=O)[C@H](CC(C)C)NC(=O)CC(C)C.CC(C)CC(=O)N1CCCC1C.CC(C)CC(=O)N1CCC[C@@H]1C.CC(C)CC(=O)N1CCC[C@H]1C. The van der Waals surface area contributed by atoms with E-state index in [-0.39, 0.29) is 106 Å². The van der Waals surface area contributed by atoms with Gasteiger partial charge in [0.05, 0.1) is 36.3 Å². The standard InChI is InChI=1S/3C12H23NO2.3C10H19NO.3C9H17NO2/c3*1-8(2)6-11(10(5)14)13-12(15)7-9(3)4;3*1-8(2)7-10(12)11-6-4-5-9(11)3;3*1-6(2)5-9(12)10-7(3)8(4)11/h3*8-9,11H,6-7H2,1-5H3,(H,13,15);3*8-9H,4-7H2,1-3H3;3*6-7H,5H2,1-4H3,(H,10,12)/t2*11-;;2*9-;;2*7-;/m10.10.10./s1. The molecule has 0 aromatic rings. The van der Waals surface area contributed by atoms with Crippen LogP contribution in [-0.2, 0) is 71.9 Å². The summed E-state index contributed by atoms with van der Waals surface area (Å²) < 4.78 is 0. The van der Waals surface area contributed by atoms with Gasteiger partial charge in [0.2, 0.25) is 53.2 Å². The summed E-state index contributed by atoms with van der Waals surface area (Å²) in [6.07, 6.45) is 14.3. The Hall–Kier alpha value is -6.75. The van der Waals surface area contributed by atoms with Crippen LogP contribution in [0.4, 0.5) is 0 Å². The average molecular weight is 1660 g/mol. The second-order valence-electron chi connectivity index (χ2n) is 37.9. The van der Waals surface area contributed by atoms with E-state index in [4.69, 9.17) is 0 Å². The molecule has 3 unspecified atom stereocenters. The summed E-state index contributed by atoms with van der Waals surface area (Å²) in [6, 6.07) is -0.531. The number of carbonyl (C=O) groups excluding carboxylic acids is 15. The largest absolute Gasteiger partial charge is 0.347 e. The summed E-state index contributed by atoms with van der Waals surface area (Å²) in [5.74, 6) is 5.64. The normalized spacial score (nSPS) is 16.2. The fourth-order valence-corrected chi connectivity index (χ4v) is 11.9. The summed E-state index contributed by atoms with van der Waals surface area (Å²) in [4.78, 5) is 175. The number of nitrogens with zero attached hydrogens (tertiary/aromatic N) is 3. The van der Waals surface area contributed by atoms with Gasteiger partial charge in [-0.15, -0.1) is 0 Å². The number of likely N-dealkylation sites (tertiary alicyclic amines) is 3. The highest BCUT2D eigenvalue weighted by atomic mass is 16.2. The predicted molar refractivity (Wildman–Crippen MR) is 477 cm³/mol. The molecule has 3 fully saturated rings.